The molecule has 0 N–H and O–H groups in total. The van der Waals surface area contributed by atoms with Crippen LogP contribution < -0.4 is 0 Å². The number of aryl methyl sites for hydroxylation is 1. The van der Waals surface area contributed by atoms with Crippen LogP contribution in [-0.2, 0) is 6.42 Å². The first-order chi connectivity index (χ1) is 10.6. The normalized spacial score (nSPS) is 9.00. The van der Waals surface area contributed by atoms with Crippen molar-refractivity contribution < 1.29 is 4.39 Å². The van der Waals surface area contributed by atoms with Crippen LogP contribution in [0.5, 0.6) is 0 Å². The van der Waals surface area contributed by atoms with Crippen LogP contribution in [0.25, 0.3) is 0 Å². The quantitative estimate of drug-likeness (QED) is 0.578. The van der Waals surface area contributed by atoms with Gasteiger partial charge < -0.3 is 0 Å². The van der Waals surface area contributed by atoms with E-state index < -0.39 is 0 Å². The Morgan fingerprint density at radius 2 is 1.45 bits per heavy atom. The van der Waals surface area contributed by atoms with E-state index in [2.05, 4.69) is 31.9 Å². The van der Waals surface area contributed by atoms with Crippen molar-refractivity contribution >= 4 is 0 Å². The van der Waals surface area contributed by atoms with Crippen molar-refractivity contribution in [3.63, 3.8) is 0 Å². The molecule has 0 saturated heterocycles. The summed E-state index contributed by atoms with van der Waals surface area (Å²) in [5.74, 6) is 3.02. The lowest BCUT2D eigenvalue weighted by atomic mass is 10.0. The van der Waals surface area contributed by atoms with Gasteiger partial charge in [-0.1, -0.05) is 64.8 Å². The van der Waals surface area contributed by atoms with E-state index in [0.717, 1.165) is 12.0 Å². The predicted molar refractivity (Wildman–Crippen MR) is 95.6 cm³/mol. The van der Waals surface area contributed by atoms with E-state index >= 15 is 0 Å². The van der Waals surface area contributed by atoms with Gasteiger partial charge >= 0.3 is 0 Å². The maximum atomic E-state index is 12.2. The van der Waals surface area contributed by atoms with Crippen molar-refractivity contribution in [3.8, 4) is 12.3 Å². The summed E-state index contributed by atoms with van der Waals surface area (Å²) in [4.78, 5) is 0. The predicted octanol–water partition coefficient (Wildman–Crippen LogP) is 6.21. The average molecular weight is 298 g/mol. The molecule has 2 aromatic carbocycles. The fourth-order valence-corrected chi connectivity index (χ4v) is 1.68. The van der Waals surface area contributed by atoms with Gasteiger partial charge in [-0.05, 0) is 47.7 Å². The number of terminal acetylenes is 1. The van der Waals surface area contributed by atoms with Gasteiger partial charge in [0.25, 0.3) is 0 Å². The van der Waals surface area contributed by atoms with E-state index in [0.29, 0.717) is 5.92 Å². The average Bonchev–Trinajstić information content (AvgIpc) is 2.58. The van der Waals surface area contributed by atoms with Gasteiger partial charge in [0.15, 0.2) is 0 Å². The monoisotopic (exact) mass is 298 g/mol. The molecule has 0 saturated carbocycles. The van der Waals surface area contributed by atoms with E-state index in [4.69, 9.17) is 6.42 Å². The minimum absolute atomic E-state index is 0.160. The largest absolute Gasteiger partial charge is 0.207 e. The SMILES string of the molecule is C#Cc1ccc(C(C)C)cc1.CC.CCc1ccc(F)cc1. The minimum atomic E-state index is -0.160. The number of halogens is 1. The first-order valence-electron chi connectivity index (χ1n) is 7.87. The molecular formula is C21H27F. The van der Waals surface area contributed by atoms with E-state index in [9.17, 15) is 4.39 Å². The molecule has 0 nitrogen and oxygen atoms in total. The molecule has 0 spiro atoms. The Morgan fingerprint density at radius 1 is 0.955 bits per heavy atom. The molecule has 0 aliphatic carbocycles. The Labute approximate surface area is 135 Å². The Balaban J connectivity index is 0.000000366. The third kappa shape index (κ3) is 7.64. The van der Waals surface area contributed by atoms with Crippen LogP contribution in [0.2, 0.25) is 0 Å². The number of rotatable bonds is 2. The van der Waals surface area contributed by atoms with E-state index in [1.807, 2.05) is 32.9 Å². The smallest absolute Gasteiger partial charge is 0.123 e. The lowest BCUT2D eigenvalue weighted by Gasteiger charge is -2.03. The first kappa shape index (κ1) is 19.9. The topological polar surface area (TPSA) is 0 Å². The van der Waals surface area contributed by atoms with Crippen LogP contribution in [0.1, 0.15) is 57.2 Å². The van der Waals surface area contributed by atoms with Gasteiger partial charge in [-0.15, -0.1) is 6.42 Å². The number of benzene rings is 2. The lowest BCUT2D eigenvalue weighted by Crippen LogP contribution is -1.85. The minimum Gasteiger partial charge on any atom is -0.207 e. The standard InChI is InChI=1S/C11H12.C8H9F.C2H6/c1-4-10-5-7-11(8-6-10)9(2)3;1-2-7-3-5-8(9)6-4-7;1-2/h1,5-9H,2-3H3;3-6H,2H2,1H3;1-2H3. The summed E-state index contributed by atoms with van der Waals surface area (Å²) in [5, 5.41) is 0. The fourth-order valence-electron chi connectivity index (χ4n) is 1.68. The second-order valence-electron chi connectivity index (χ2n) is 4.90. The molecule has 0 aliphatic rings. The van der Waals surface area contributed by atoms with Gasteiger partial charge in [0.05, 0.1) is 0 Å². The van der Waals surface area contributed by atoms with Gasteiger partial charge in [0.2, 0.25) is 0 Å². The molecule has 2 aromatic rings. The zero-order chi connectivity index (χ0) is 17.0. The van der Waals surface area contributed by atoms with Crippen LogP contribution >= 0.6 is 0 Å². The molecule has 1 heteroatoms. The van der Waals surface area contributed by atoms with Crippen molar-refractivity contribution in [1.29, 1.82) is 0 Å². The zero-order valence-electron chi connectivity index (χ0n) is 14.4. The second kappa shape index (κ2) is 11.6. The molecule has 0 amide bonds. The van der Waals surface area contributed by atoms with Gasteiger partial charge in [0, 0.05) is 5.56 Å². The highest BCUT2D eigenvalue weighted by molar-refractivity contribution is 5.34. The highest BCUT2D eigenvalue weighted by Crippen LogP contribution is 2.13. The second-order valence-corrected chi connectivity index (χ2v) is 4.90. The molecule has 0 radical (unpaired) electrons. The van der Waals surface area contributed by atoms with Crippen molar-refractivity contribution in [1.82, 2.24) is 0 Å². The third-order valence-electron chi connectivity index (χ3n) is 3.07. The van der Waals surface area contributed by atoms with Crippen LogP contribution in [0.3, 0.4) is 0 Å². The summed E-state index contributed by atoms with van der Waals surface area (Å²) in [6, 6.07) is 14.7. The molecule has 0 aromatic heterocycles. The van der Waals surface area contributed by atoms with Crippen LogP contribution in [0.4, 0.5) is 4.39 Å². The first-order valence-corrected chi connectivity index (χ1v) is 7.87. The molecule has 0 aliphatic heterocycles. The van der Waals surface area contributed by atoms with E-state index in [1.54, 1.807) is 12.1 Å². The molecular weight excluding hydrogens is 271 g/mol. The van der Waals surface area contributed by atoms with Gasteiger partial charge in [-0.25, -0.2) is 4.39 Å². The molecule has 0 unspecified atom stereocenters. The Hall–Kier alpha value is -2.07. The van der Waals surface area contributed by atoms with Crippen molar-refractivity contribution in [3.05, 3.63) is 71.0 Å². The molecule has 118 valence electrons. The molecule has 22 heavy (non-hydrogen) atoms. The molecule has 0 heterocycles. The summed E-state index contributed by atoms with van der Waals surface area (Å²) < 4.78 is 12.2. The summed E-state index contributed by atoms with van der Waals surface area (Å²) in [7, 11) is 0. The van der Waals surface area contributed by atoms with Crippen LogP contribution in [-0.4, -0.2) is 0 Å². The maximum absolute atomic E-state index is 12.2. The summed E-state index contributed by atoms with van der Waals surface area (Å²) in [6.07, 6.45) is 6.20. The Bertz CT molecular complexity index is 542. The Morgan fingerprint density at radius 3 is 1.82 bits per heavy atom. The summed E-state index contributed by atoms with van der Waals surface area (Å²) in [6.45, 7) is 10.4. The highest BCUT2D eigenvalue weighted by atomic mass is 19.1. The zero-order valence-corrected chi connectivity index (χ0v) is 14.4. The van der Waals surface area contributed by atoms with Gasteiger partial charge in [-0.3, -0.25) is 0 Å². The third-order valence-corrected chi connectivity index (χ3v) is 3.07. The number of hydrogen-bond acceptors (Lipinski definition) is 0. The van der Waals surface area contributed by atoms with Crippen molar-refractivity contribution in [2.24, 2.45) is 0 Å². The molecule has 2 rings (SSSR count). The maximum Gasteiger partial charge on any atom is 0.123 e. The van der Waals surface area contributed by atoms with Crippen molar-refractivity contribution in [2.45, 2.75) is 47.0 Å². The molecule has 0 atom stereocenters. The summed E-state index contributed by atoms with van der Waals surface area (Å²) in [5.41, 5.74) is 3.47. The van der Waals surface area contributed by atoms with E-state index in [1.165, 1.54) is 23.3 Å². The molecule has 0 bridgehead atoms. The molecule has 0 fully saturated rings. The summed E-state index contributed by atoms with van der Waals surface area (Å²) >= 11 is 0. The Kier molecular flexibility index (Phi) is 10.5. The van der Waals surface area contributed by atoms with E-state index in [-0.39, 0.29) is 5.82 Å². The lowest BCUT2D eigenvalue weighted by molar-refractivity contribution is 0.627. The van der Waals surface area contributed by atoms with Gasteiger partial charge in [0.1, 0.15) is 5.82 Å². The fraction of sp³-hybridized carbons (Fsp3) is 0.333. The van der Waals surface area contributed by atoms with Crippen LogP contribution in [0.15, 0.2) is 48.5 Å². The highest BCUT2D eigenvalue weighted by Gasteiger charge is 1.96. The van der Waals surface area contributed by atoms with Gasteiger partial charge in [-0.2, -0.15) is 0 Å². The van der Waals surface area contributed by atoms with Crippen molar-refractivity contribution in [2.75, 3.05) is 0 Å². The van der Waals surface area contributed by atoms with Crippen LogP contribution in [0, 0.1) is 18.2 Å². The number of hydrogen-bond donors (Lipinski definition) is 0.